The monoisotopic (exact) mass is 316 g/mol. The molecule has 0 bridgehead atoms. The maximum atomic E-state index is 13.3. The smallest absolute Gasteiger partial charge is 0.306 e. The van der Waals surface area contributed by atoms with Gasteiger partial charge in [0.2, 0.25) is 11.7 Å². The van der Waals surface area contributed by atoms with Crippen LogP contribution in [0.25, 0.3) is 0 Å². The van der Waals surface area contributed by atoms with Gasteiger partial charge in [0.25, 0.3) is 0 Å². The third-order valence-electron chi connectivity index (χ3n) is 3.68. The van der Waals surface area contributed by atoms with Crippen LogP contribution >= 0.6 is 0 Å². The summed E-state index contributed by atoms with van der Waals surface area (Å²) in [7, 11) is 0. The third kappa shape index (κ3) is 3.15. The van der Waals surface area contributed by atoms with E-state index >= 15 is 0 Å². The Morgan fingerprint density at radius 2 is 2.22 bits per heavy atom. The number of nitro groups is 1. The van der Waals surface area contributed by atoms with E-state index in [9.17, 15) is 19.3 Å². The highest BCUT2D eigenvalue weighted by Gasteiger charge is 2.46. The number of anilines is 1. The molecule has 0 radical (unpaired) electrons. The second kappa shape index (κ2) is 5.71. The summed E-state index contributed by atoms with van der Waals surface area (Å²) in [5.74, 6) is -0.923. The van der Waals surface area contributed by atoms with E-state index in [2.05, 4.69) is 15.3 Å². The molecule has 2 atom stereocenters. The number of nitrogens with zero attached hydrogens (tertiary/aromatic N) is 3. The summed E-state index contributed by atoms with van der Waals surface area (Å²) in [4.78, 5) is 30.5. The molecule has 1 N–H and O–H groups in total. The van der Waals surface area contributed by atoms with E-state index in [1.807, 2.05) is 6.92 Å². The number of carbonyl (C=O) groups is 1. The largest absolute Gasteiger partial charge is 0.326 e. The van der Waals surface area contributed by atoms with Gasteiger partial charge in [-0.2, -0.15) is 4.39 Å². The van der Waals surface area contributed by atoms with Crippen molar-refractivity contribution >= 4 is 17.3 Å². The number of aromatic nitrogens is 2. The first kappa shape index (κ1) is 15.0. The molecule has 1 heterocycles. The van der Waals surface area contributed by atoms with Crippen LogP contribution in [-0.4, -0.2) is 20.8 Å². The molecule has 2 aromatic rings. The summed E-state index contributed by atoms with van der Waals surface area (Å²) in [5.41, 5.74) is 0.353. The van der Waals surface area contributed by atoms with Gasteiger partial charge >= 0.3 is 5.69 Å². The molecule has 0 spiro atoms. The molecular formula is C15H13FN4O3. The van der Waals surface area contributed by atoms with E-state index in [4.69, 9.17) is 0 Å². The molecular weight excluding hydrogens is 303 g/mol. The van der Waals surface area contributed by atoms with Crippen molar-refractivity contribution in [2.45, 2.75) is 19.3 Å². The summed E-state index contributed by atoms with van der Waals surface area (Å²) < 4.78 is 13.3. The van der Waals surface area contributed by atoms with Crippen LogP contribution in [0.5, 0.6) is 0 Å². The topological polar surface area (TPSA) is 98.0 Å². The fourth-order valence-corrected chi connectivity index (χ4v) is 2.38. The van der Waals surface area contributed by atoms with Crippen LogP contribution in [0.3, 0.4) is 0 Å². The summed E-state index contributed by atoms with van der Waals surface area (Å²) in [5, 5.41) is 13.3. The highest BCUT2D eigenvalue weighted by atomic mass is 19.1. The number of hydrogen-bond acceptors (Lipinski definition) is 5. The molecule has 1 amide bonds. The van der Waals surface area contributed by atoms with Gasteiger partial charge in [0.15, 0.2) is 0 Å². The second-order valence-corrected chi connectivity index (χ2v) is 5.42. The average Bonchev–Trinajstić information content (AvgIpc) is 3.29. The first-order chi connectivity index (χ1) is 11.0. The van der Waals surface area contributed by atoms with Gasteiger partial charge in [-0.3, -0.25) is 14.9 Å². The van der Waals surface area contributed by atoms with Crippen molar-refractivity contribution in [1.29, 1.82) is 0 Å². The molecule has 0 saturated heterocycles. The van der Waals surface area contributed by atoms with Crippen LogP contribution in [0.15, 0.2) is 30.5 Å². The lowest BCUT2D eigenvalue weighted by Gasteiger charge is -2.05. The van der Waals surface area contributed by atoms with Gasteiger partial charge in [-0.15, -0.1) is 0 Å². The van der Waals surface area contributed by atoms with Crippen molar-refractivity contribution < 1.29 is 14.1 Å². The van der Waals surface area contributed by atoms with E-state index < -0.39 is 16.4 Å². The Morgan fingerprint density at radius 1 is 1.43 bits per heavy atom. The highest BCUT2D eigenvalue weighted by Crippen LogP contribution is 2.46. The van der Waals surface area contributed by atoms with Crippen molar-refractivity contribution in [2.24, 2.45) is 5.92 Å². The third-order valence-corrected chi connectivity index (χ3v) is 3.68. The molecule has 7 nitrogen and oxygen atoms in total. The van der Waals surface area contributed by atoms with Crippen LogP contribution in [0.1, 0.15) is 23.9 Å². The van der Waals surface area contributed by atoms with Crippen molar-refractivity contribution in [3.05, 3.63) is 57.9 Å². The SMILES string of the molecule is Cc1ccnc([C@H]2C[C@@H]2C(=O)Nc2ccc(F)c([N+](=O)[O-])c2)n1. The van der Waals surface area contributed by atoms with E-state index in [0.29, 0.717) is 12.2 Å². The van der Waals surface area contributed by atoms with Crippen molar-refractivity contribution in [3.63, 3.8) is 0 Å². The standard InChI is InChI=1S/C15H13FN4O3/c1-8-4-5-17-14(18-8)10-7-11(10)15(21)19-9-2-3-12(16)13(6-9)20(22)23/h2-6,10-11H,7H2,1H3,(H,19,21)/t10-,11-/m0/s1. The van der Waals surface area contributed by atoms with Crippen LogP contribution < -0.4 is 5.32 Å². The number of nitro benzene ring substituents is 1. The molecule has 0 aliphatic heterocycles. The average molecular weight is 316 g/mol. The molecule has 1 fully saturated rings. The van der Waals surface area contributed by atoms with Gasteiger partial charge in [0.1, 0.15) is 5.82 Å². The zero-order valence-electron chi connectivity index (χ0n) is 12.2. The molecule has 1 aromatic heterocycles. The quantitative estimate of drug-likeness (QED) is 0.690. The molecule has 118 valence electrons. The summed E-state index contributed by atoms with van der Waals surface area (Å²) >= 11 is 0. The predicted molar refractivity (Wildman–Crippen MR) is 79.3 cm³/mol. The lowest BCUT2D eigenvalue weighted by atomic mass is 10.2. The van der Waals surface area contributed by atoms with Crippen molar-refractivity contribution in [3.8, 4) is 0 Å². The molecule has 1 aliphatic carbocycles. The van der Waals surface area contributed by atoms with Gasteiger partial charge in [0, 0.05) is 35.5 Å². The first-order valence-corrected chi connectivity index (χ1v) is 7.00. The molecule has 3 rings (SSSR count). The van der Waals surface area contributed by atoms with Gasteiger partial charge in [-0.1, -0.05) is 0 Å². The van der Waals surface area contributed by atoms with E-state index in [0.717, 1.165) is 17.8 Å². The van der Waals surface area contributed by atoms with Gasteiger partial charge in [-0.05, 0) is 31.5 Å². The van der Waals surface area contributed by atoms with Crippen LogP contribution in [0.2, 0.25) is 0 Å². The minimum absolute atomic E-state index is 0.0506. The molecule has 8 heteroatoms. The summed E-state index contributed by atoms with van der Waals surface area (Å²) in [6.07, 6.45) is 2.27. The molecule has 0 unspecified atom stereocenters. The van der Waals surface area contributed by atoms with Crippen molar-refractivity contribution in [2.75, 3.05) is 5.32 Å². The fraction of sp³-hybridized carbons (Fsp3) is 0.267. The zero-order chi connectivity index (χ0) is 16.6. The fourth-order valence-electron chi connectivity index (χ4n) is 2.38. The second-order valence-electron chi connectivity index (χ2n) is 5.42. The van der Waals surface area contributed by atoms with Crippen LogP contribution in [-0.2, 0) is 4.79 Å². The Bertz CT molecular complexity index is 796. The maximum absolute atomic E-state index is 13.3. The maximum Gasteiger partial charge on any atom is 0.306 e. The van der Waals surface area contributed by atoms with Gasteiger partial charge in [-0.25, -0.2) is 9.97 Å². The van der Waals surface area contributed by atoms with Gasteiger partial charge < -0.3 is 5.32 Å². The number of carbonyl (C=O) groups excluding carboxylic acids is 1. The highest BCUT2D eigenvalue weighted by molar-refractivity contribution is 5.95. The number of hydrogen-bond donors (Lipinski definition) is 1. The number of benzene rings is 1. The van der Waals surface area contributed by atoms with Crippen LogP contribution in [0.4, 0.5) is 15.8 Å². The Morgan fingerprint density at radius 3 is 2.91 bits per heavy atom. The molecule has 1 saturated carbocycles. The Hall–Kier alpha value is -2.90. The molecule has 23 heavy (non-hydrogen) atoms. The minimum Gasteiger partial charge on any atom is -0.326 e. The van der Waals surface area contributed by atoms with E-state index in [1.54, 1.807) is 12.3 Å². The summed E-state index contributed by atoms with van der Waals surface area (Å²) in [6.45, 7) is 1.85. The predicted octanol–water partition coefficient (Wildman–Crippen LogP) is 2.57. The lowest BCUT2D eigenvalue weighted by Crippen LogP contribution is -2.15. The number of amides is 1. The normalized spacial score (nSPS) is 19.2. The van der Waals surface area contributed by atoms with Crippen molar-refractivity contribution in [1.82, 2.24) is 9.97 Å². The number of rotatable bonds is 4. The van der Waals surface area contributed by atoms with Crippen LogP contribution in [0, 0.1) is 28.8 Å². The molecule has 1 aliphatic rings. The lowest BCUT2D eigenvalue weighted by molar-refractivity contribution is -0.387. The Balaban J connectivity index is 1.69. The van der Waals surface area contributed by atoms with E-state index in [1.165, 1.54) is 6.07 Å². The number of nitrogens with one attached hydrogen (secondary N) is 1. The Kier molecular flexibility index (Phi) is 3.73. The first-order valence-electron chi connectivity index (χ1n) is 7.00. The van der Waals surface area contributed by atoms with E-state index in [-0.39, 0.29) is 23.4 Å². The van der Waals surface area contributed by atoms with Gasteiger partial charge in [0.05, 0.1) is 4.92 Å². The number of halogens is 1. The number of aryl methyl sites for hydroxylation is 1. The zero-order valence-corrected chi connectivity index (χ0v) is 12.2. The Labute approximate surface area is 130 Å². The molecule has 1 aromatic carbocycles. The minimum atomic E-state index is -0.939. The summed E-state index contributed by atoms with van der Waals surface area (Å²) in [6, 6.07) is 5.04.